The van der Waals surface area contributed by atoms with E-state index in [-0.39, 0.29) is 30.3 Å². The molecule has 0 unspecified atom stereocenters. The minimum Gasteiger partial charge on any atom is -0.481 e. The monoisotopic (exact) mass is 534 g/mol. The molecule has 12 nitrogen and oxygen atoms in total. The number of carboxylic acids is 2. The fourth-order valence-corrected chi connectivity index (χ4v) is 4.28. The molecule has 1 aliphatic rings. The Labute approximate surface area is 222 Å². The Morgan fingerprint density at radius 1 is 1.05 bits per heavy atom. The van der Waals surface area contributed by atoms with E-state index >= 15 is 0 Å². The number of esters is 1. The molecule has 1 aliphatic heterocycles. The van der Waals surface area contributed by atoms with Crippen molar-refractivity contribution < 1.29 is 38.5 Å². The van der Waals surface area contributed by atoms with Crippen molar-refractivity contribution in [1.82, 2.24) is 10.2 Å². The number of hydrogen-bond donors (Lipinski definition) is 5. The molecule has 0 radical (unpaired) electrons. The number of nitrogens with zero attached hydrogens (tertiary/aromatic N) is 1. The number of benzene rings is 2. The molecular formula is C27H26N4O8. The second kappa shape index (κ2) is 11.6. The van der Waals surface area contributed by atoms with Gasteiger partial charge < -0.3 is 30.4 Å². The minimum atomic E-state index is -1.58. The first kappa shape index (κ1) is 27.1. The van der Waals surface area contributed by atoms with E-state index in [1.807, 2.05) is 24.3 Å². The van der Waals surface area contributed by atoms with Crippen molar-refractivity contribution in [2.75, 3.05) is 0 Å². The van der Waals surface area contributed by atoms with Crippen LogP contribution < -0.4 is 15.8 Å². The first-order valence-electron chi connectivity index (χ1n) is 11.9. The number of furan rings is 1. The summed E-state index contributed by atoms with van der Waals surface area (Å²) in [4.78, 5) is 50.1. The highest BCUT2D eigenvalue weighted by Crippen LogP contribution is 2.26. The van der Waals surface area contributed by atoms with Crippen molar-refractivity contribution in [3.05, 3.63) is 88.9 Å². The van der Waals surface area contributed by atoms with Crippen LogP contribution in [0.3, 0.4) is 0 Å². The highest BCUT2D eigenvalue weighted by atomic mass is 16.5. The smallest absolute Gasteiger partial charge is 0.379 e. The molecule has 6 N–H and O–H groups in total. The summed E-state index contributed by atoms with van der Waals surface area (Å²) >= 11 is 0. The van der Waals surface area contributed by atoms with Crippen molar-refractivity contribution in [3.63, 3.8) is 0 Å². The molecule has 12 heteroatoms. The number of nitrogen functional groups attached to an aromatic ring is 1. The van der Waals surface area contributed by atoms with Gasteiger partial charge >= 0.3 is 17.9 Å². The molecule has 0 fully saturated rings. The first-order chi connectivity index (χ1) is 18.6. The fraction of sp³-hybridized carbons (Fsp3) is 0.222. The van der Waals surface area contributed by atoms with Gasteiger partial charge in [-0.15, -0.1) is 0 Å². The lowest BCUT2D eigenvalue weighted by Gasteiger charge is -2.35. The molecule has 0 spiro atoms. The standard InChI is InChI=1S/C27H26N4O8/c28-24(29)15-5-7-18(8-6-15)39-27(37)22-10-9-19(38-22)14-31-13-17-4-2-1-3-16(17)11-21(31)25(34)30-20(26(35)36)12-23(32)33/h1-10,20-21H,11-14H2,(H3,28,29)(H,30,34)(H,32,33)(H,35,36)/t20-,21-/m0/s1. The minimum absolute atomic E-state index is 0.0635. The van der Waals surface area contributed by atoms with Gasteiger partial charge in [-0.2, -0.15) is 0 Å². The van der Waals surface area contributed by atoms with E-state index in [1.54, 1.807) is 23.1 Å². The Morgan fingerprint density at radius 3 is 2.38 bits per heavy atom. The third kappa shape index (κ3) is 6.67. The van der Waals surface area contributed by atoms with Crippen LogP contribution in [0.15, 0.2) is 65.1 Å². The Bertz CT molecular complexity index is 1420. The summed E-state index contributed by atoms with van der Waals surface area (Å²) in [6.45, 7) is 0.456. The van der Waals surface area contributed by atoms with E-state index in [2.05, 4.69) is 5.32 Å². The number of ether oxygens (including phenoxy) is 1. The third-order valence-corrected chi connectivity index (χ3v) is 6.24. The average Bonchev–Trinajstić information content (AvgIpc) is 3.36. The van der Waals surface area contributed by atoms with Gasteiger partial charge in [0, 0.05) is 12.1 Å². The van der Waals surface area contributed by atoms with Crippen LogP contribution in [-0.4, -0.2) is 56.8 Å². The summed E-state index contributed by atoms with van der Waals surface area (Å²) in [5.74, 6) is -3.74. The van der Waals surface area contributed by atoms with Crippen LogP contribution in [0.1, 0.15) is 39.4 Å². The maximum Gasteiger partial charge on any atom is 0.379 e. The summed E-state index contributed by atoms with van der Waals surface area (Å²) in [5.41, 5.74) is 7.80. The molecule has 0 aliphatic carbocycles. The largest absolute Gasteiger partial charge is 0.481 e. The van der Waals surface area contributed by atoms with Crippen molar-refractivity contribution in [2.24, 2.45) is 5.73 Å². The number of aliphatic carboxylic acids is 2. The topological polar surface area (TPSA) is 196 Å². The van der Waals surface area contributed by atoms with Gasteiger partial charge in [0.2, 0.25) is 11.7 Å². The molecule has 3 aromatic rings. The van der Waals surface area contributed by atoms with Gasteiger partial charge in [-0.05, 0) is 53.9 Å². The lowest BCUT2D eigenvalue weighted by molar-refractivity contribution is -0.147. The van der Waals surface area contributed by atoms with Gasteiger partial charge in [0.1, 0.15) is 23.4 Å². The van der Waals surface area contributed by atoms with E-state index in [1.165, 1.54) is 18.2 Å². The number of nitrogens with two attached hydrogens (primary N) is 1. The predicted molar refractivity (Wildman–Crippen MR) is 136 cm³/mol. The Kier molecular flexibility index (Phi) is 8.06. The zero-order valence-corrected chi connectivity index (χ0v) is 20.6. The number of nitrogens with one attached hydrogen (secondary N) is 2. The van der Waals surface area contributed by atoms with E-state index < -0.39 is 42.3 Å². The summed E-state index contributed by atoms with van der Waals surface area (Å²) < 4.78 is 11.0. The number of hydrogen-bond acceptors (Lipinski definition) is 8. The van der Waals surface area contributed by atoms with E-state index in [9.17, 15) is 24.3 Å². The maximum absolute atomic E-state index is 13.2. The maximum atomic E-state index is 13.2. The molecule has 0 bridgehead atoms. The number of carbonyl (C=O) groups excluding carboxylic acids is 2. The molecule has 39 heavy (non-hydrogen) atoms. The third-order valence-electron chi connectivity index (χ3n) is 6.24. The van der Waals surface area contributed by atoms with Gasteiger partial charge in [0.05, 0.1) is 19.0 Å². The number of carboxylic acid groups (broad SMARTS) is 2. The van der Waals surface area contributed by atoms with Crippen molar-refractivity contribution in [3.8, 4) is 5.75 Å². The first-order valence-corrected chi connectivity index (χ1v) is 11.9. The molecule has 1 amide bonds. The Balaban J connectivity index is 1.49. The zero-order valence-electron chi connectivity index (χ0n) is 20.6. The van der Waals surface area contributed by atoms with Crippen molar-refractivity contribution >= 4 is 29.7 Å². The molecule has 4 rings (SSSR count). The number of carbonyl (C=O) groups is 4. The molecule has 2 atom stereocenters. The SMILES string of the molecule is N=C(N)c1ccc(OC(=O)c2ccc(CN3Cc4ccccc4C[C@H]3C(=O)N[C@@H](CC(=O)O)C(=O)O)o2)cc1. The van der Waals surface area contributed by atoms with Gasteiger partial charge in [-0.1, -0.05) is 24.3 Å². The van der Waals surface area contributed by atoms with Gasteiger partial charge in [0.25, 0.3) is 0 Å². The second-order valence-electron chi connectivity index (χ2n) is 8.98. The van der Waals surface area contributed by atoms with Crippen LogP contribution in [-0.2, 0) is 33.9 Å². The van der Waals surface area contributed by atoms with Crippen LogP contribution in [0, 0.1) is 5.41 Å². The van der Waals surface area contributed by atoms with Gasteiger partial charge in [0.15, 0.2) is 0 Å². The highest BCUT2D eigenvalue weighted by Gasteiger charge is 2.35. The summed E-state index contributed by atoms with van der Waals surface area (Å²) in [7, 11) is 0. The quantitative estimate of drug-likeness (QED) is 0.111. The zero-order chi connectivity index (χ0) is 28.1. The molecular weight excluding hydrogens is 508 g/mol. The summed E-state index contributed by atoms with van der Waals surface area (Å²) in [6, 6.07) is 14.2. The molecule has 0 saturated carbocycles. The summed E-state index contributed by atoms with van der Waals surface area (Å²) in [6.07, 6.45) is -0.487. The van der Waals surface area contributed by atoms with Crippen LogP contribution in [0.2, 0.25) is 0 Å². The van der Waals surface area contributed by atoms with Crippen LogP contribution >= 0.6 is 0 Å². The molecule has 0 saturated heterocycles. The lowest BCUT2D eigenvalue weighted by Crippen LogP contribution is -2.54. The van der Waals surface area contributed by atoms with E-state index in [4.69, 9.17) is 25.4 Å². The van der Waals surface area contributed by atoms with Crippen LogP contribution in [0.5, 0.6) is 5.75 Å². The van der Waals surface area contributed by atoms with Crippen LogP contribution in [0.25, 0.3) is 0 Å². The van der Waals surface area contributed by atoms with Gasteiger partial charge in [-0.25, -0.2) is 9.59 Å². The Morgan fingerprint density at radius 2 is 1.74 bits per heavy atom. The number of amides is 1. The molecule has 2 heterocycles. The normalized spacial score (nSPS) is 15.5. The molecule has 1 aromatic heterocycles. The van der Waals surface area contributed by atoms with E-state index in [0.29, 0.717) is 17.9 Å². The molecule has 2 aromatic carbocycles. The predicted octanol–water partition coefficient (Wildman–Crippen LogP) is 1.75. The fourth-order valence-electron chi connectivity index (χ4n) is 4.28. The second-order valence-corrected chi connectivity index (χ2v) is 8.98. The number of amidine groups is 1. The average molecular weight is 535 g/mol. The number of fused-ring (bicyclic) bond motifs is 1. The Hall–Kier alpha value is -4.97. The summed E-state index contributed by atoms with van der Waals surface area (Å²) in [5, 5.41) is 28.1. The van der Waals surface area contributed by atoms with E-state index in [0.717, 1.165) is 11.1 Å². The molecule has 202 valence electrons. The number of rotatable bonds is 10. The van der Waals surface area contributed by atoms with Crippen LogP contribution in [0.4, 0.5) is 0 Å². The lowest BCUT2D eigenvalue weighted by atomic mass is 9.93. The van der Waals surface area contributed by atoms with Gasteiger partial charge in [-0.3, -0.25) is 19.9 Å². The van der Waals surface area contributed by atoms with Crippen molar-refractivity contribution in [2.45, 2.75) is 38.0 Å². The highest BCUT2D eigenvalue weighted by molar-refractivity contribution is 5.95. The van der Waals surface area contributed by atoms with Crippen molar-refractivity contribution in [1.29, 1.82) is 5.41 Å².